The van der Waals surface area contributed by atoms with E-state index < -0.39 is 0 Å². The fourth-order valence-corrected chi connectivity index (χ4v) is 1.18. The minimum absolute atomic E-state index is 0.180. The molecule has 72 valence electrons. The molecule has 3 heteroatoms. The number of carbonyl (C=O) groups excluding carboxylic acids is 1. The highest BCUT2D eigenvalue weighted by Crippen LogP contribution is 2.02. The van der Waals surface area contributed by atoms with E-state index in [9.17, 15) is 4.79 Å². The molecule has 1 aliphatic rings. The van der Waals surface area contributed by atoms with Gasteiger partial charge in [-0.2, -0.15) is 0 Å². The zero-order chi connectivity index (χ0) is 9.52. The maximum atomic E-state index is 11.3. The predicted molar refractivity (Wildman–Crippen MR) is 52.1 cm³/mol. The Morgan fingerprint density at radius 2 is 2.31 bits per heavy atom. The van der Waals surface area contributed by atoms with Crippen molar-refractivity contribution in [1.82, 2.24) is 10.6 Å². The topological polar surface area (TPSA) is 41.1 Å². The molecule has 0 aromatic heterocycles. The average Bonchev–Trinajstić information content (AvgIpc) is 2.01. The molecule has 1 fully saturated rings. The molecule has 0 aliphatic carbocycles. The number of unbranched alkanes of at least 4 members (excludes halogenated alkanes) is 2. The minimum atomic E-state index is 0.180. The molecule has 3 nitrogen and oxygen atoms in total. The first-order valence-corrected chi connectivity index (χ1v) is 4.76. The van der Waals surface area contributed by atoms with Crippen molar-refractivity contribution in [3.05, 3.63) is 0 Å². The highest BCUT2D eigenvalue weighted by Gasteiger charge is 2.23. The van der Waals surface area contributed by atoms with Crippen molar-refractivity contribution >= 4 is 5.91 Å². The van der Waals surface area contributed by atoms with Gasteiger partial charge in [0.05, 0.1) is 5.92 Å². The second-order valence-electron chi connectivity index (χ2n) is 3.31. The van der Waals surface area contributed by atoms with Crippen LogP contribution in [0.5, 0.6) is 0 Å². The highest BCUT2D eigenvalue weighted by molar-refractivity contribution is 5.79. The van der Waals surface area contributed by atoms with Gasteiger partial charge in [-0.3, -0.25) is 4.79 Å². The Hall–Kier alpha value is -1.01. The van der Waals surface area contributed by atoms with Crippen molar-refractivity contribution in [2.24, 2.45) is 5.92 Å². The molecule has 13 heavy (non-hydrogen) atoms. The molecule has 0 radical (unpaired) electrons. The smallest absolute Gasteiger partial charge is 0.225 e. The van der Waals surface area contributed by atoms with E-state index >= 15 is 0 Å². The van der Waals surface area contributed by atoms with Crippen LogP contribution in [0.4, 0.5) is 0 Å². The number of rotatable bonds is 5. The number of amides is 1. The average molecular weight is 180 g/mol. The van der Waals surface area contributed by atoms with E-state index in [1.807, 2.05) is 0 Å². The molecular formula is C10H16N2O. The van der Waals surface area contributed by atoms with Crippen LogP contribution in [0.1, 0.15) is 19.3 Å². The van der Waals surface area contributed by atoms with Crippen LogP contribution in [0, 0.1) is 18.3 Å². The van der Waals surface area contributed by atoms with Crippen molar-refractivity contribution < 1.29 is 4.79 Å². The first-order valence-electron chi connectivity index (χ1n) is 4.76. The number of terminal acetylenes is 1. The van der Waals surface area contributed by atoms with Crippen molar-refractivity contribution in [1.29, 1.82) is 0 Å². The number of hydrogen-bond donors (Lipinski definition) is 2. The molecule has 0 aromatic rings. The number of carbonyl (C=O) groups is 1. The van der Waals surface area contributed by atoms with Gasteiger partial charge >= 0.3 is 0 Å². The molecule has 0 spiro atoms. The predicted octanol–water partition coefficient (Wildman–Crippen LogP) is 0.125. The lowest BCUT2D eigenvalue weighted by molar-refractivity contribution is -0.126. The van der Waals surface area contributed by atoms with Gasteiger partial charge in [0.15, 0.2) is 0 Å². The molecule has 1 saturated heterocycles. The summed E-state index contributed by atoms with van der Waals surface area (Å²) in [4.78, 5) is 11.3. The standard InChI is InChI=1S/C10H16N2O/c1-2-3-4-5-6-12-10(13)9-7-11-8-9/h1,9,11H,3-8H2,(H,12,13). The van der Waals surface area contributed by atoms with Crippen molar-refractivity contribution in [3.63, 3.8) is 0 Å². The third-order valence-corrected chi connectivity index (χ3v) is 2.20. The van der Waals surface area contributed by atoms with E-state index in [0.29, 0.717) is 0 Å². The molecule has 0 bridgehead atoms. The van der Waals surface area contributed by atoms with Crippen LogP contribution in [-0.2, 0) is 4.79 Å². The zero-order valence-electron chi connectivity index (χ0n) is 7.81. The van der Waals surface area contributed by atoms with E-state index in [1.54, 1.807) is 0 Å². The molecule has 1 rings (SSSR count). The lowest BCUT2D eigenvalue weighted by Crippen LogP contribution is -2.50. The van der Waals surface area contributed by atoms with Gasteiger partial charge in [-0.05, 0) is 12.8 Å². The van der Waals surface area contributed by atoms with Crippen LogP contribution < -0.4 is 10.6 Å². The zero-order valence-corrected chi connectivity index (χ0v) is 7.81. The van der Waals surface area contributed by atoms with Gasteiger partial charge in [0.2, 0.25) is 5.91 Å². The van der Waals surface area contributed by atoms with Crippen molar-refractivity contribution in [3.8, 4) is 12.3 Å². The maximum absolute atomic E-state index is 11.3. The monoisotopic (exact) mass is 180 g/mol. The van der Waals surface area contributed by atoms with E-state index in [0.717, 1.165) is 38.9 Å². The van der Waals surface area contributed by atoms with Crippen LogP contribution in [0.2, 0.25) is 0 Å². The number of nitrogens with one attached hydrogen (secondary N) is 2. The Morgan fingerprint density at radius 3 is 2.85 bits per heavy atom. The van der Waals surface area contributed by atoms with Crippen LogP contribution in [-0.4, -0.2) is 25.5 Å². The summed E-state index contributed by atoms with van der Waals surface area (Å²) >= 11 is 0. The summed E-state index contributed by atoms with van der Waals surface area (Å²) in [6, 6.07) is 0. The molecule has 1 amide bonds. The Balaban J connectivity index is 1.93. The molecule has 2 N–H and O–H groups in total. The molecule has 1 heterocycles. The lowest BCUT2D eigenvalue weighted by Gasteiger charge is -2.25. The summed E-state index contributed by atoms with van der Waals surface area (Å²) in [5.41, 5.74) is 0. The fourth-order valence-electron chi connectivity index (χ4n) is 1.18. The van der Waals surface area contributed by atoms with Crippen LogP contribution >= 0.6 is 0 Å². The van der Waals surface area contributed by atoms with E-state index in [-0.39, 0.29) is 11.8 Å². The SMILES string of the molecule is C#CCCCCNC(=O)C1CNC1. The third kappa shape index (κ3) is 3.47. The van der Waals surface area contributed by atoms with Crippen LogP contribution in [0.15, 0.2) is 0 Å². The summed E-state index contributed by atoms with van der Waals surface area (Å²) in [6.07, 6.45) is 7.89. The van der Waals surface area contributed by atoms with E-state index in [2.05, 4.69) is 16.6 Å². The quantitative estimate of drug-likeness (QED) is 0.466. The normalized spacial score (nSPS) is 15.9. The molecule has 0 aromatic carbocycles. The van der Waals surface area contributed by atoms with Crippen LogP contribution in [0.3, 0.4) is 0 Å². The van der Waals surface area contributed by atoms with Crippen molar-refractivity contribution in [2.75, 3.05) is 19.6 Å². The first kappa shape index (κ1) is 10.1. The fraction of sp³-hybridized carbons (Fsp3) is 0.700. The Labute approximate surface area is 79.3 Å². The Morgan fingerprint density at radius 1 is 1.54 bits per heavy atom. The lowest BCUT2D eigenvalue weighted by atomic mass is 10.0. The molecule has 1 aliphatic heterocycles. The summed E-state index contributed by atoms with van der Waals surface area (Å²) in [6.45, 7) is 2.42. The largest absolute Gasteiger partial charge is 0.356 e. The van der Waals surface area contributed by atoms with E-state index in [1.165, 1.54) is 0 Å². The maximum Gasteiger partial charge on any atom is 0.225 e. The molecule has 0 atom stereocenters. The third-order valence-electron chi connectivity index (χ3n) is 2.20. The molecular weight excluding hydrogens is 164 g/mol. The van der Waals surface area contributed by atoms with Crippen LogP contribution in [0.25, 0.3) is 0 Å². The van der Waals surface area contributed by atoms with Gasteiger partial charge in [0.1, 0.15) is 0 Å². The minimum Gasteiger partial charge on any atom is -0.356 e. The van der Waals surface area contributed by atoms with Gasteiger partial charge in [0.25, 0.3) is 0 Å². The summed E-state index contributed by atoms with van der Waals surface area (Å²) in [7, 11) is 0. The van der Waals surface area contributed by atoms with Gasteiger partial charge in [-0.25, -0.2) is 0 Å². The Kier molecular flexibility index (Phi) is 4.34. The second-order valence-corrected chi connectivity index (χ2v) is 3.31. The van der Waals surface area contributed by atoms with Crippen molar-refractivity contribution in [2.45, 2.75) is 19.3 Å². The summed E-state index contributed by atoms with van der Waals surface area (Å²) < 4.78 is 0. The van der Waals surface area contributed by atoms with E-state index in [4.69, 9.17) is 6.42 Å². The van der Waals surface area contributed by atoms with Gasteiger partial charge < -0.3 is 10.6 Å². The van der Waals surface area contributed by atoms with Gasteiger partial charge in [-0.1, -0.05) is 0 Å². The summed E-state index contributed by atoms with van der Waals surface area (Å²) in [5, 5.41) is 5.96. The highest BCUT2D eigenvalue weighted by atomic mass is 16.2. The second kappa shape index (κ2) is 5.60. The van der Waals surface area contributed by atoms with Gasteiger partial charge in [-0.15, -0.1) is 12.3 Å². The van der Waals surface area contributed by atoms with Gasteiger partial charge in [0, 0.05) is 26.1 Å². The Bertz CT molecular complexity index is 203. The first-order chi connectivity index (χ1) is 6.34. The summed E-state index contributed by atoms with van der Waals surface area (Å²) in [5.74, 6) is 2.96. The molecule has 0 unspecified atom stereocenters. The molecule has 0 saturated carbocycles. The number of hydrogen-bond acceptors (Lipinski definition) is 2.